The van der Waals surface area contributed by atoms with Gasteiger partial charge in [0.25, 0.3) is 11.7 Å². The van der Waals surface area contributed by atoms with Crippen molar-refractivity contribution in [2.75, 3.05) is 4.90 Å². The third kappa shape index (κ3) is 3.30. The molecular weight excluding hydrogens is 436 g/mol. The second kappa shape index (κ2) is 7.52. The van der Waals surface area contributed by atoms with Crippen LogP contribution in [0.5, 0.6) is 5.75 Å². The van der Waals surface area contributed by atoms with Crippen molar-refractivity contribution in [3.63, 3.8) is 0 Å². The molecule has 0 aliphatic carbocycles. The van der Waals surface area contributed by atoms with Crippen molar-refractivity contribution in [3.8, 4) is 5.75 Å². The van der Waals surface area contributed by atoms with Gasteiger partial charge in [0.05, 0.1) is 17.0 Å². The van der Waals surface area contributed by atoms with Crippen LogP contribution in [-0.4, -0.2) is 26.9 Å². The van der Waals surface area contributed by atoms with Gasteiger partial charge in [0.2, 0.25) is 0 Å². The van der Waals surface area contributed by atoms with Crippen LogP contribution in [0.25, 0.3) is 5.76 Å². The van der Waals surface area contributed by atoms with Crippen LogP contribution in [0.1, 0.15) is 17.3 Å². The van der Waals surface area contributed by atoms with Gasteiger partial charge in [-0.1, -0.05) is 46.3 Å². The molecule has 2 N–H and O–H groups in total. The fourth-order valence-corrected chi connectivity index (χ4v) is 3.59. The number of carbonyl (C=O) groups excluding carboxylic acids is 2. The molecule has 144 valence electrons. The molecule has 7 heteroatoms. The predicted molar refractivity (Wildman–Crippen MR) is 111 cm³/mol. The van der Waals surface area contributed by atoms with Crippen molar-refractivity contribution in [1.82, 2.24) is 4.98 Å². The average molecular weight is 451 g/mol. The number of halogens is 1. The molecule has 6 nitrogen and oxygen atoms in total. The SMILES string of the molecule is O=C1C(=O)N(c2ccccc2O)C(c2ccccn2)/C1=C(/O)c1ccc(Br)cc1. The van der Waals surface area contributed by atoms with Crippen LogP contribution < -0.4 is 4.90 Å². The molecule has 1 atom stereocenters. The van der Waals surface area contributed by atoms with E-state index in [1.807, 2.05) is 0 Å². The Morgan fingerprint density at radius 3 is 2.31 bits per heavy atom. The summed E-state index contributed by atoms with van der Waals surface area (Å²) in [6.45, 7) is 0. The summed E-state index contributed by atoms with van der Waals surface area (Å²) in [4.78, 5) is 31.3. The number of aromatic hydroxyl groups is 1. The monoisotopic (exact) mass is 450 g/mol. The van der Waals surface area contributed by atoms with E-state index in [0.29, 0.717) is 11.3 Å². The van der Waals surface area contributed by atoms with Gasteiger partial charge in [-0.15, -0.1) is 0 Å². The highest BCUT2D eigenvalue weighted by Crippen LogP contribution is 2.43. The number of hydrogen-bond donors (Lipinski definition) is 2. The first kappa shape index (κ1) is 18.9. The number of aliphatic hydroxyl groups is 1. The molecule has 1 fully saturated rings. The minimum absolute atomic E-state index is 0.0840. The van der Waals surface area contributed by atoms with Crippen molar-refractivity contribution in [3.05, 3.63) is 94.2 Å². The molecule has 4 rings (SSSR count). The van der Waals surface area contributed by atoms with Gasteiger partial charge in [-0.3, -0.25) is 19.5 Å². The smallest absolute Gasteiger partial charge is 0.300 e. The quantitative estimate of drug-likeness (QED) is 0.354. The number of rotatable bonds is 3. The normalized spacial score (nSPS) is 18.2. The Bertz CT molecular complexity index is 1130. The fourth-order valence-electron chi connectivity index (χ4n) is 3.33. The number of anilines is 1. The van der Waals surface area contributed by atoms with E-state index in [4.69, 9.17) is 0 Å². The minimum atomic E-state index is -0.979. The van der Waals surface area contributed by atoms with Gasteiger partial charge in [0.15, 0.2) is 0 Å². The zero-order valence-corrected chi connectivity index (χ0v) is 16.6. The Kier molecular flexibility index (Phi) is 4.90. The number of nitrogens with zero attached hydrogens (tertiary/aromatic N) is 2. The van der Waals surface area contributed by atoms with Crippen molar-refractivity contribution in [1.29, 1.82) is 0 Å². The molecule has 0 radical (unpaired) electrons. The number of amides is 1. The lowest BCUT2D eigenvalue weighted by Crippen LogP contribution is -2.29. The van der Waals surface area contributed by atoms with E-state index in [9.17, 15) is 19.8 Å². The van der Waals surface area contributed by atoms with E-state index in [1.165, 1.54) is 17.0 Å². The molecule has 1 aliphatic rings. The Morgan fingerprint density at radius 2 is 1.66 bits per heavy atom. The third-order valence-electron chi connectivity index (χ3n) is 4.67. The maximum atomic E-state index is 12.9. The van der Waals surface area contributed by atoms with E-state index in [-0.39, 0.29) is 22.8 Å². The second-order valence-electron chi connectivity index (χ2n) is 6.42. The summed E-state index contributed by atoms with van der Waals surface area (Å²) >= 11 is 3.33. The summed E-state index contributed by atoms with van der Waals surface area (Å²) in [5, 5.41) is 21.2. The zero-order valence-electron chi connectivity index (χ0n) is 15.0. The largest absolute Gasteiger partial charge is 0.507 e. The molecule has 29 heavy (non-hydrogen) atoms. The highest BCUT2D eigenvalue weighted by Gasteiger charge is 2.48. The minimum Gasteiger partial charge on any atom is -0.507 e. The van der Waals surface area contributed by atoms with Crippen molar-refractivity contribution in [2.45, 2.75) is 6.04 Å². The summed E-state index contributed by atoms with van der Waals surface area (Å²) in [5.41, 5.74) is 0.873. The van der Waals surface area contributed by atoms with Crippen LogP contribution in [0.4, 0.5) is 5.69 Å². The number of aromatic nitrogens is 1. The molecule has 0 saturated carbocycles. The lowest BCUT2D eigenvalue weighted by atomic mass is 9.98. The molecule has 1 saturated heterocycles. The van der Waals surface area contributed by atoms with Gasteiger partial charge < -0.3 is 10.2 Å². The first-order valence-corrected chi connectivity index (χ1v) is 9.54. The number of para-hydroxylation sites is 2. The van der Waals surface area contributed by atoms with Gasteiger partial charge in [0, 0.05) is 16.2 Å². The molecule has 0 spiro atoms. The van der Waals surface area contributed by atoms with E-state index in [0.717, 1.165) is 4.47 Å². The highest BCUT2D eigenvalue weighted by atomic mass is 79.9. The van der Waals surface area contributed by atoms with Crippen LogP contribution >= 0.6 is 15.9 Å². The van der Waals surface area contributed by atoms with Crippen molar-refractivity contribution >= 4 is 39.1 Å². The van der Waals surface area contributed by atoms with Crippen LogP contribution in [0.3, 0.4) is 0 Å². The van der Waals surface area contributed by atoms with Gasteiger partial charge in [0.1, 0.15) is 17.6 Å². The summed E-state index contributed by atoms with van der Waals surface area (Å²) in [5.74, 6) is -2.14. The Labute approximate surface area is 174 Å². The van der Waals surface area contributed by atoms with Crippen LogP contribution in [0.15, 0.2) is 83.0 Å². The van der Waals surface area contributed by atoms with Crippen LogP contribution in [0.2, 0.25) is 0 Å². The number of hydrogen-bond acceptors (Lipinski definition) is 5. The maximum Gasteiger partial charge on any atom is 0.300 e. The van der Waals surface area contributed by atoms with Gasteiger partial charge in [-0.2, -0.15) is 0 Å². The predicted octanol–water partition coefficient (Wildman–Crippen LogP) is 4.18. The zero-order chi connectivity index (χ0) is 20.5. The highest BCUT2D eigenvalue weighted by molar-refractivity contribution is 9.10. The molecule has 1 unspecified atom stereocenters. The molecule has 2 aromatic carbocycles. The third-order valence-corrected chi connectivity index (χ3v) is 5.20. The number of pyridine rings is 1. The van der Waals surface area contributed by atoms with Crippen LogP contribution in [-0.2, 0) is 9.59 Å². The number of benzene rings is 2. The molecule has 3 aromatic rings. The first-order valence-electron chi connectivity index (χ1n) is 8.75. The first-order chi connectivity index (χ1) is 14.0. The van der Waals surface area contributed by atoms with Crippen molar-refractivity contribution in [2.24, 2.45) is 0 Å². The number of phenolic OH excluding ortho intramolecular Hbond substituents is 1. The molecular formula is C22H15BrN2O4. The summed E-state index contributed by atoms with van der Waals surface area (Å²) in [6, 6.07) is 17.1. The summed E-state index contributed by atoms with van der Waals surface area (Å²) < 4.78 is 0.810. The Hall–Kier alpha value is -3.45. The standard InChI is InChI=1S/C22H15BrN2O4/c23-14-10-8-13(9-11-14)20(27)18-19(15-5-3-4-12-24-15)25(22(29)21(18)28)16-6-1-2-7-17(16)26/h1-12,19,26-27H/b20-18-. The second-order valence-corrected chi connectivity index (χ2v) is 7.33. The number of ketones is 1. The summed E-state index contributed by atoms with van der Waals surface area (Å²) in [7, 11) is 0. The van der Waals surface area contributed by atoms with E-state index < -0.39 is 17.7 Å². The molecule has 1 amide bonds. The molecule has 1 aliphatic heterocycles. The average Bonchev–Trinajstić information content (AvgIpc) is 3.00. The topological polar surface area (TPSA) is 90.7 Å². The van der Waals surface area contributed by atoms with E-state index in [2.05, 4.69) is 20.9 Å². The van der Waals surface area contributed by atoms with Gasteiger partial charge >= 0.3 is 0 Å². The number of aliphatic hydroxyl groups excluding tert-OH is 1. The van der Waals surface area contributed by atoms with Gasteiger partial charge in [-0.25, -0.2) is 0 Å². The van der Waals surface area contributed by atoms with Gasteiger partial charge in [-0.05, 0) is 36.4 Å². The molecule has 1 aromatic heterocycles. The van der Waals surface area contributed by atoms with Crippen LogP contribution in [0, 0.1) is 0 Å². The van der Waals surface area contributed by atoms with E-state index in [1.54, 1.807) is 60.8 Å². The lowest BCUT2D eigenvalue weighted by molar-refractivity contribution is -0.132. The molecule has 0 bridgehead atoms. The Balaban J connectivity index is 1.96. The maximum absolute atomic E-state index is 12.9. The number of Topliss-reactive ketones (excluding diaryl/α,β-unsaturated/α-hetero) is 1. The summed E-state index contributed by atoms with van der Waals surface area (Å²) in [6.07, 6.45) is 1.54. The van der Waals surface area contributed by atoms with Crippen molar-refractivity contribution < 1.29 is 19.8 Å². The Morgan fingerprint density at radius 1 is 0.966 bits per heavy atom. The number of phenols is 1. The van der Waals surface area contributed by atoms with E-state index >= 15 is 0 Å². The lowest BCUT2D eigenvalue weighted by Gasteiger charge is -2.25. The molecule has 2 heterocycles. The fraction of sp³-hybridized carbons (Fsp3) is 0.0455. The number of carbonyl (C=O) groups is 2.